The molecule has 0 bridgehead atoms. The fourth-order valence-corrected chi connectivity index (χ4v) is 2.67. The van der Waals surface area contributed by atoms with Gasteiger partial charge < -0.3 is 19.2 Å². The zero-order valence-corrected chi connectivity index (χ0v) is 14.0. The summed E-state index contributed by atoms with van der Waals surface area (Å²) in [5, 5.41) is 8.99. The molecule has 1 aliphatic heterocycles. The van der Waals surface area contributed by atoms with E-state index in [2.05, 4.69) is 4.98 Å². The SMILES string of the molecule is Cc1ccc(-c2cnc(CCC(=O)N3CCO[C@H](C(=O)O)C3)o2)cc1. The van der Waals surface area contributed by atoms with Crippen molar-refractivity contribution in [3.8, 4) is 11.3 Å². The Bertz CT molecular complexity index is 753. The van der Waals surface area contributed by atoms with E-state index in [-0.39, 0.29) is 25.5 Å². The highest BCUT2D eigenvalue weighted by Gasteiger charge is 2.28. The normalized spacial score (nSPS) is 17.5. The van der Waals surface area contributed by atoms with Crippen LogP contribution in [0, 0.1) is 6.92 Å². The Labute approximate surface area is 145 Å². The second-order valence-electron chi connectivity index (χ2n) is 6.02. The van der Waals surface area contributed by atoms with Crippen LogP contribution in [-0.4, -0.2) is 52.7 Å². The minimum Gasteiger partial charge on any atom is -0.479 e. The van der Waals surface area contributed by atoms with Crippen LogP contribution in [0.1, 0.15) is 17.9 Å². The number of aromatic nitrogens is 1. The third kappa shape index (κ3) is 4.24. The molecule has 0 unspecified atom stereocenters. The summed E-state index contributed by atoms with van der Waals surface area (Å²) in [6.45, 7) is 2.73. The van der Waals surface area contributed by atoms with Crippen molar-refractivity contribution >= 4 is 11.9 Å². The van der Waals surface area contributed by atoms with Crippen LogP contribution < -0.4 is 0 Å². The van der Waals surface area contributed by atoms with Crippen LogP contribution in [0.3, 0.4) is 0 Å². The number of hydrogen-bond donors (Lipinski definition) is 1. The number of hydrogen-bond acceptors (Lipinski definition) is 5. The van der Waals surface area contributed by atoms with E-state index in [1.54, 1.807) is 6.20 Å². The maximum Gasteiger partial charge on any atom is 0.334 e. The molecule has 0 radical (unpaired) electrons. The van der Waals surface area contributed by atoms with Gasteiger partial charge in [-0.1, -0.05) is 29.8 Å². The predicted octanol–water partition coefficient (Wildman–Crippen LogP) is 1.89. The molecule has 25 heavy (non-hydrogen) atoms. The number of oxazole rings is 1. The van der Waals surface area contributed by atoms with Gasteiger partial charge in [0.05, 0.1) is 19.3 Å². The molecule has 2 aromatic rings. The van der Waals surface area contributed by atoms with Crippen molar-refractivity contribution in [3.05, 3.63) is 41.9 Å². The van der Waals surface area contributed by atoms with Crippen LogP contribution in [0.15, 0.2) is 34.9 Å². The maximum atomic E-state index is 12.3. The number of carbonyl (C=O) groups is 2. The summed E-state index contributed by atoms with van der Waals surface area (Å²) in [5.41, 5.74) is 2.10. The van der Waals surface area contributed by atoms with E-state index < -0.39 is 12.1 Å². The van der Waals surface area contributed by atoms with Gasteiger partial charge in [0.2, 0.25) is 5.91 Å². The summed E-state index contributed by atoms with van der Waals surface area (Å²) in [6, 6.07) is 7.92. The highest BCUT2D eigenvalue weighted by atomic mass is 16.5. The number of carboxylic acid groups (broad SMARTS) is 1. The summed E-state index contributed by atoms with van der Waals surface area (Å²) in [6.07, 6.45) is 1.30. The first-order valence-corrected chi connectivity index (χ1v) is 8.17. The highest BCUT2D eigenvalue weighted by Crippen LogP contribution is 2.21. The first-order chi connectivity index (χ1) is 12.0. The molecule has 2 heterocycles. The average Bonchev–Trinajstić information content (AvgIpc) is 3.09. The fraction of sp³-hybridized carbons (Fsp3) is 0.389. The first-order valence-electron chi connectivity index (χ1n) is 8.17. The van der Waals surface area contributed by atoms with E-state index in [1.165, 1.54) is 10.5 Å². The third-order valence-corrected chi connectivity index (χ3v) is 4.14. The van der Waals surface area contributed by atoms with E-state index in [4.69, 9.17) is 14.3 Å². The summed E-state index contributed by atoms with van der Waals surface area (Å²) < 4.78 is 10.8. The van der Waals surface area contributed by atoms with Gasteiger partial charge >= 0.3 is 5.97 Å². The van der Waals surface area contributed by atoms with Crippen LogP contribution in [0.2, 0.25) is 0 Å². The van der Waals surface area contributed by atoms with E-state index in [1.807, 2.05) is 31.2 Å². The van der Waals surface area contributed by atoms with E-state index in [0.29, 0.717) is 24.6 Å². The lowest BCUT2D eigenvalue weighted by Crippen LogP contribution is -2.48. The summed E-state index contributed by atoms with van der Waals surface area (Å²) in [7, 11) is 0. The Morgan fingerprint density at radius 1 is 1.32 bits per heavy atom. The Balaban J connectivity index is 1.56. The monoisotopic (exact) mass is 344 g/mol. The van der Waals surface area contributed by atoms with Crippen LogP contribution in [0.25, 0.3) is 11.3 Å². The van der Waals surface area contributed by atoms with Crippen molar-refractivity contribution in [2.75, 3.05) is 19.7 Å². The van der Waals surface area contributed by atoms with Gasteiger partial charge in [0.1, 0.15) is 0 Å². The molecule has 1 amide bonds. The first kappa shape index (κ1) is 17.2. The van der Waals surface area contributed by atoms with Crippen LogP contribution in [0.4, 0.5) is 0 Å². The smallest absolute Gasteiger partial charge is 0.334 e. The van der Waals surface area contributed by atoms with Crippen LogP contribution >= 0.6 is 0 Å². The number of benzene rings is 1. The number of carboxylic acids is 1. The fourth-order valence-electron chi connectivity index (χ4n) is 2.67. The minimum absolute atomic E-state index is 0.0777. The van der Waals surface area contributed by atoms with Gasteiger partial charge in [-0.25, -0.2) is 9.78 Å². The van der Waals surface area contributed by atoms with Gasteiger partial charge in [-0.05, 0) is 6.92 Å². The number of amides is 1. The molecular weight excluding hydrogens is 324 g/mol. The molecule has 1 atom stereocenters. The number of aliphatic carboxylic acids is 1. The van der Waals surface area contributed by atoms with E-state index >= 15 is 0 Å². The molecule has 7 nitrogen and oxygen atoms in total. The Kier molecular flexibility index (Phi) is 5.14. The lowest BCUT2D eigenvalue weighted by atomic mass is 10.1. The Morgan fingerprint density at radius 2 is 2.08 bits per heavy atom. The van der Waals surface area contributed by atoms with Crippen LogP contribution in [-0.2, 0) is 20.7 Å². The number of aryl methyl sites for hydroxylation is 2. The zero-order chi connectivity index (χ0) is 17.8. The summed E-state index contributed by atoms with van der Waals surface area (Å²) in [4.78, 5) is 29.0. The molecule has 1 aliphatic rings. The van der Waals surface area contributed by atoms with Crippen molar-refractivity contribution in [1.29, 1.82) is 0 Å². The molecule has 132 valence electrons. The molecule has 0 saturated carbocycles. The van der Waals surface area contributed by atoms with Gasteiger partial charge in [-0.2, -0.15) is 0 Å². The molecule has 1 aromatic carbocycles. The number of rotatable bonds is 5. The minimum atomic E-state index is -1.05. The third-order valence-electron chi connectivity index (χ3n) is 4.14. The zero-order valence-electron chi connectivity index (χ0n) is 14.0. The molecule has 0 aliphatic carbocycles. The van der Waals surface area contributed by atoms with E-state index in [0.717, 1.165) is 5.56 Å². The molecule has 1 aromatic heterocycles. The van der Waals surface area contributed by atoms with Gasteiger partial charge in [0, 0.05) is 24.9 Å². The molecule has 0 spiro atoms. The molecule has 1 N–H and O–H groups in total. The molecule has 7 heteroatoms. The summed E-state index contributed by atoms with van der Waals surface area (Å²) in [5.74, 6) is -0.00990. The van der Waals surface area contributed by atoms with Crippen molar-refractivity contribution in [2.45, 2.75) is 25.9 Å². The maximum absolute atomic E-state index is 12.3. The highest BCUT2D eigenvalue weighted by molar-refractivity contribution is 5.78. The lowest BCUT2D eigenvalue weighted by Gasteiger charge is -2.30. The van der Waals surface area contributed by atoms with Crippen molar-refractivity contribution in [1.82, 2.24) is 9.88 Å². The molecule has 3 rings (SSSR count). The number of morpholine rings is 1. The number of nitrogens with zero attached hydrogens (tertiary/aromatic N) is 2. The van der Waals surface area contributed by atoms with Gasteiger partial charge in [0.25, 0.3) is 0 Å². The number of ether oxygens (including phenoxy) is 1. The summed E-state index contributed by atoms with van der Waals surface area (Å²) >= 11 is 0. The quantitative estimate of drug-likeness (QED) is 0.890. The average molecular weight is 344 g/mol. The van der Waals surface area contributed by atoms with E-state index in [9.17, 15) is 9.59 Å². The van der Waals surface area contributed by atoms with Gasteiger partial charge in [-0.15, -0.1) is 0 Å². The number of carbonyl (C=O) groups excluding carboxylic acids is 1. The van der Waals surface area contributed by atoms with Crippen LogP contribution in [0.5, 0.6) is 0 Å². The van der Waals surface area contributed by atoms with Crippen molar-refractivity contribution in [3.63, 3.8) is 0 Å². The second kappa shape index (κ2) is 7.48. The molecule has 1 fully saturated rings. The molecular formula is C18H20N2O5. The standard InChI is InChI=1S/C18H20N2O5/c1-12-2-4-13(5-3-12)14-10-19-16(25-14)6-7-17(21)20-8-9-24-15(11-20)18(22)23/h2-5,10,15H,6-9,11H2,1H3,(H,22,23)/t15-/m0/s1. The topological polar surface area (TPSA) is 92.9 Å². The Morgan fingerprint density at radius 3 is 2.80 bits per heavy atom. The largest absolute Gasteiger partial charge is 0.479 e. The Hall–Kier alpha value is -2.67. The van der Waals surface area contributed by atoms with Crippen molar-refractivity contribution in [2.24, 2.45) is 0 Å². The second-order valence-corrected chi connectivity index (χ2v) is 6.02. The van der Waals surface area contributed by atoms with Crippen molar-refractivity contribution < 1.29 is 23.8 Å². The van der Waals surface area contributed by atoms with Gasteiger partial charge in [-0.3, -0.25) is 4.79 Å². The van der Waals surface area contributed by atoms with Gasteiger partial charge in [0.15, 0.2) is 17.8 Å². The predicted molar refractivity (Wildman–Crippen MR) is 89.0 cm³/mol. The molecule has 1 saturated heterocycles. The lowest BCUT2D eigenvalue weighted by molar-refractivity contribution is -0.159.